The number of ether oxygens (including phenoxy) is 1. The summed E-state index contributed by atoms with van der Waals surface area (Å²) < 4.78 is 12.0. The number of piperazine rings is 1. The van der Waals surface area contributed by atoms with Gasteiger partial charge in [-0.3, -0.25) is 14.3 Å². The predicted octanol–water partition coefficient (Wildman–Crippen LogP) is 3.21. The number of rotatable bonds is 5. The zero-order valence-electron chi connectivity index (χ0n) is 17.0. The third-order valence-corrected chi connectivity index (χ3v) is 5.62. The monoisotopic (exact) mass is 443 g/mol. The van der Waals surface area contributed by atoms with Crippen LogP contribution in [0.25, 0.3) is 11.1 Å². The fourth-order valence-electron chi connectivity index (χ4n) is 3.63. The molecule has 1 aliphatic heterocycles. The lowest BCUT2D eigenvalue weighted by atomic mass is 10.0. The summed E-state index contributed by atoms with van der Waals surface area (Å²) in [6.07, 6.45) is -0.316. The minimum Gasteiger partial charge on any atom is -0.450 e. The number of hydrogen-bond acceptors (Lipinski definition) is 6. The highest BCUT2D eigenvalue weighted by Crippen LogP contribution is 2.22. The average molecular weight is 444 g/mol. The van der Waals surface area contributed by atoms with Crippen LogP contribution in [0.2, 0.25) is 5.02 Å². The van der Waals surface area contributed by atoms with Gasteiger partial charge >= 0.3 is 11.8 Å². The van der Waals surface area contributed by atoms with Crippen LogP contribution in [-0.2, 0) is 11.4 Å². The number of oxazole rings is 1. The van der Waals surface area contributed by atoms with Gasteiger partial charge in [0.2, 0.25) is 0 Å². The van der Waals surface area contributed by atoms with Crippen molar-refractivity contribution in [1.82, 2.24) is 14.4 Å². The minimum absolute atomic E-state index is 0.238. The Hall–Kier alpha value is -3.10. The molecule has 3 aromatic rings. The fourth-order valence-corrected chi connectivity index (χ4v) is 3.85. The first-order valence-electron chi connectivity index (χ1n) is 10.0. The lowest BCUT2D eigenvalue weighted by Gasteiger charge is -2.33. The van der Waals surface area contributed by atoms with Gasteiger partial charge in [-0.15, -0.1) is 0 Å². The molecule has 1 saturated heterocycles. The molecular weight excluding hydrogens is 422 g/mol. The number of amides is 1. The second-order valence-corrected chi connectivity index (χ2v) is 7.64. The van der Waals surface area contributed by atoms with Crippen molar-refractivity contribution in [2.45, 2.75) is 13.6 Å². The molecule has 0 radical (unpaired) electrons. The topological polar surface area (TPSA) is 85.0 Å². The van der Waals surface area contributed by atoms with E-state index in [-0.39, 0.29) is 11.9 Å². The third kappa shape index (κ3) is 4.35. The number of ketones is 1. The number of nitrogens with zero attached hydrogens (tertiary/aromatic N) is 3. The van der Waals surface area contributed by atoms with Gasteiger partial charge < -0.3 is 14.1 Å². The van der Waals surface area contributed by atoms with Crippen molar-refractivity contribution in [3.8, 4) is 0 Å². The first-order chi connectivity index (χ1) is 15.0. The van der Waals surface area contributed by atoms with Crippen molar-refractivity contribution in [3.05, 3.63) is 69.2 Å². The van der Waals surface area contributed by atoms with Crippen LogP contribution in [0, 0.1) is 0 Å². The summed E-state index contributed by atoms with van der Waals surface area (Å²) in [5.41, 5.74) is 1.73. The molecule has 4 rings (SSSR count). The quantitative estimate of drug-likeness (QED) is 0.563. The van der Waals surface area contributed by atoms with Gasteiger partial charge in [-0.05, 0) is 37.3 Å². The molecule has 0 aliphatic carbocycles. The van der Waals surface area contributed by atoms with Crippen LogP contribution in [0.4, 0.5) is 4.79 Å². The maximum atomic E-state index is 12.8. The molecule has 0 atom stereocenters. The van der Waals surface area contributed by atoms with Gasteiger partial charge in [0, 0.05) is 37.3 Å². The van der Waals surface area contributed by atoms with Crippen molar-refractivity contribution in [1.29, 1.82) is 0 Å². The number of fused-ring (bicyclic) bond motifs is 1. The van der Waals surface area contributed by atoms with Crippen LogP contribution in [0.15, 0.2) is 51.7 Å². The Morgan fingerprint density at radius 2 is 1.84 bits per heavy atom. The van der Waals surface area contributed by atoms with Crippen LogP contribution in [0.5, 0.6) is 0 Å². The minimum atomic E-state index is -0.495. The molecule has 1 aliphatic rings. The Morgan fingerprint density at radius 3 is 2.55 bits per heavy atom. The first kappa shape index (κ1) is 21.1. The zero-order chi connectivity index (χ0) is 22.0. The van der Waals surface area contributed by atoms with Crippen LogP contribution in [0.1, 0.15) is 22.8 Å². The Kier molecular flexibility index (Phi) is 6.11. The summed E-state index contributed by atoms with van der Waals surface area (Å²) in [6.45, 7) is 4.73. The van der Waals surface area contributed by atoms with Crippen LogP contribution < -0.4 is 5.76 Å². The van der Waals surface area contributed by atoms with Crippen molar-refractivity contribution >= 4 is 34.6 Å². The smallest absolute Gasteiger partial charge is 0.421 e. The summed E-state index contributed by atoms with van der Waals surface area (Å²) >= 11 is 6.14. The second kappa shape index (κ2) is 8.95. The van der Waals surface area contributed by atoms with Crippen LogP contribution in [-0.4, -0.2) is 59.0 Å². The first-order valence-corrected chi connectivity index (χ1v) is 10.4. The van der Waals surface area contributed by atoms with E-state index in [1.54, 1.807) is 54.3 Å². The number of hydrogen-bond donors (Lipinski definition) is 0. The SMILES string of the molecule is CCOC(=O)N1CCN(Cn2c(=O)oc3cc(C(=O)c4ccccc4Cl)ccc32)CC1. The molecule has 162 valence electrons. The van der Waals surface area contributed by atoms with Crippen LogP contribution in [0.3, 0.4) is 0 Å². The van der Waals surface area contributed by atoms with Gasteiger partial charge in [0.25, 0.3) is 0 Å². The summed E-state index contributed by atoms with van der Waals surface area (Å²) in [5, 5.41) is 0.369. The highest BCUT2D eigenvalue weighted by atomic mass is 35.5. The Morgan fingerprint density at radius 1 is 1.10 bits per heavy atom. The molecular formula is C22H22ClN3O5. The molecule has 2 heterocycles. The van der Waals surface area contributed by atoms with Crippen LogP contribution >= 0.6 is 11.6 Å². The van der Waals surface area contributed by atoms with Crippen molar-refractivity contribution in [2.24, 2.45) is 0 Å². The molecule has 31 heavy (non-hydrogen) atoms. The highest BCUT2D eigenvalue weighted by Gasteiger charge is 2.23. The molecule has 9 heteroatoms. The lowest BCUT2D eigenvalue weighted by Crippen LogP contribution is -2.49. The van der Waals surface area contributed by atoms with E-state index in [2.05, 4.69) is 4.90 Å². The second-order valence-electron chi connectivity index (χ2n) is 7.23. The molecule has 0 bridgehead atoms. The molecule has 1 fully saturated rings. The summed E-state index contributed by atoms with van der Waals surface area (Å²) in [5.74, 6) is -0.733. The number of benzene rings is 2. The average Bonchev–Trinajstić information content (AvgIpc) is 3.08. The van der Waals surface area contributed by atoms with Gasteiger partial charge in [0.15, 0.2) is 11.4 Å². The maximum Gasteiger partial charge on any atom is 0.421 e. The van der Waals surface area contributed by atoms with E-state index in [4.69, 9.17) is 20.8 Å². The van der Waals surface area contributed by atoms with E-state index in [1.165, 1.54) is 4.57 Å². The van der Waals surface area contributed by atoms with Gasteiger partial charge in [-0.2, -0.15) is 0 Å². The largest absolute Gasteiger partial charge is 0.450 e. The van der Waals surface area contributed by atoms with Crippen molar-refractivity contribution in [2.75, 3.05) is 32.8 Å². The third-order valence-electron chi connectivity index (χ3n) is 5.29. The van der Waals surface area contributed by atoms with E-state index >= 15 is 0 Å². The summed E-state index contributed by atoms with van der Waals surface area (Å²) in [4.78, 5) is 40.8. The normalized spacial score (nSPS) is 14.7. The highest BCUT2D eigenvalue weighted by molar-refractivity contribution is 6.35. The van der Waals surface area contributed by atoms with Gasteiger partial charge in [-0.25, -0.2) is 9.59 Å². The van der Waals surface area contributed by atoms with E-state index in [0.717, 1.165) is 0 Å². The lowest BCUT2D eigenvalue weighted by molar-refractivity contribution is 0.0705. The van der Waals surface area contributed by atoms with E-state index in [0.29, 0.717) is 66.7 Å². The van der Waals surface area contributed by atoms with E-state index < -0.39 is 5.76 Å². The molecule has 0 saturated carbocycles. The molecule has 8 nitrogen and oxygen atoms in total. The van der Waals surface area contributed by atoms with E-state index in [1.807, 2.05) is 0 Å². The predicted molar refractivity (Wildman–Crippen MR) is 116 cm³/mol. The summed E-state index contributed by atoms with van der Waals surface area (Å²) in [7, 11) is 0. The number of carbonyl (C=O) groups excluding carboxylic acids is 2. The molecule has 2 aromatic carbocycles. The molecule has 1 amide bonds. The van der Waals surface area contributed by atoms with Gasteiger partial charge in [-0.1, -0.05) is 23.7 Å². The van der Waals surface area contributed by atoms with Gasteiger partial charge in [0.1, 0.15) is 0 Å². The fraction of sp³-hybridized carbons (Fsp3) is 0.318. The molecule has 1 aromatic heterocycles. The van der Waals surface area contributed by atoms with E-state index in [9.17, 15) is 14.4 Å². The molecule has 0 unspecified atom stereocenters. The zero-order valence-corrected chi connectivity index (χ0v) is 17.8. The Labute approximate surface area is 183 Å². The summed E-state index contributed by atoms with van der Waals surface area (Å²) in [6, 6.07) is 11.8. The Bertz CT molecular complexity index is 1180. The number of halogens is 1. The van der Waals surface area contributed by atoms with Gasteiger partial charge in [0.05, 0.1) is 23.8 Å². The maximum absolute atomic E-state index is 12.8. The van der Waals surface area contributed by atoms with Crippen molar-refractivity contribution in [3.63, 3.8) is 0 Å². The number of aromatic nitrogens is 1. The van der Waals surface area contributed by atoms with Crippen molar-refractivity contribution < 1.29 is 18.7 Å². The Balaban J connectivity index is 1.51. The standard InChI is InChI=1S/C22H22ClN3O5/c1-2-30-21(28)25-11-9-24(10-12-25)14-26-18-8-7-15(13-19(18)31-22(26)29)20(27)16-5-3-4-6-17(16)23/h3-8,13H,2,9-12,14H2,1H3. The molecule has 0 N–H and O–H groups in total. The number of carbonyl (C=O) groups is 2. The molecule has 0 spiro atoms.